The van der Waals surface area contributed by atoms with Gasteiger partial charge in [-0.25, -0.2) is 4.79 Å². The van der Waals surface area contributed by atoms with E-state index in [9.17, 15) is 14.4 Å². The fourth-order valence-electron chi connectivity index (χ4n) is 4.06. The fourth-order valence-corrected chi connectivity index (χ4v) is 4.31. The number of anilines is 1. The van der Waals surface area contributed by atoms with Crippen molar-refractivity contribution >= 4 is 35.1 Å². The van der Waals surface area contributed by atoms with Crippen molar-refractivity contribution in [3.8, 4) is 5.75 Å². The van der Waals surface area contributed by atoms with Crippen molar-refractivity contribution in [1.82, 2.24) is 10.2 Å². The third kappa shape index (κ3) is 7.39. The van der Waals surface area contributed by atoms with Gasteiger partial charge in [0, 0.05) is 24.8 Å². The molecule has 2 aromatic rings. The number of ether oxygens (including phenoxy) is 2. The highest BCUT2D eigenvalue weighted by Gasteiger charge is 2.33. The van der Waals surface area contributed by atoms with Crippen molar-refractivity contribution in [2.45, 2.75) is 65.3 Å². The number of hydrogen-bond donors (Lipinski definition) is 2. The summed E-state index contributed by atoms with van der Waals surface area (Å²) < 4.78 is 11.3. The van der Waals surface area contributed by atoms with E-state index in [2.05, 4.69) is 5.32 Å². The van der Waals surface area contributed by atoms with E-state index >= 15 is 0 Å². The van der Waals surface area contributed by atoms with Gasteiger partial charge in [-0.05, 0) is 63.9 Å². The molecule has 2 aromatic carbocycles. The molecule has 0 saturated heterocycles. The van der Waals surface area contributed by atoms with Gasteiger partial charge < -0.3 is 30.3 Å². The third-order valence-corrected chi connectivity index (χ3v) is 6.39. The molecule has 1 aliphatic rings. The van der Waals surface area contributed by atoms with Crippen LogP contribution in [0.3, 0.4) is 0 Å². The molecule has 0 fully saturated rings. The number of amides is 4. The first kappa shape index (κ1) is 29.3. The highest BCUT2D eigenvalue weighted by Crippen LogP contribution is 2.31. The second-order valence-electron chi connectivity index (χ2n) is 10.3. The van der Waals surface area contributed by atoms with Crippen LogP contribution in [0.2, 0.25) is 5.02 Å². The number of benzene rings is 2. The Bertz CT molecular complexity index is 1170. The van der Waals surface area contributed by atoms with Crippen molar-refractivity contribution in [3.63, 3.8) is 0 Å². The van der Waals surface area contributed by atoms with Crippen LogP contribution in [0, 0.1) is 0 Å². The van der Waals surface area contributed by atoms with E-state index in [1.54, 1.807) is 28.0 Å². The van der Waals surface area contributed by atoms with Gasteiger partial charge in [0.25, 0.3) is 5.91 Å². The van der Waals surface area contributed by atoms with Gasteiger partial charge in [0.15, 0.2) is 0 Å². The van der Waals surface area contributed by atoms with Crippen LogP contribution >= 0.6 is 11.6 Å². The number of para-hydroxylation sites is 1. The summed E-state index contributed by atoms with van der Waals surface area (Å²) in [5.41, 5.74) is 6.83. The molecule has 3 N–H and O–H groups in total. The molecule has 0 aliphatic carbocycles. The number of nitrogens with two attached hydrogens (primary N) is 1. The number of carbonyl (C=O) groups excluding carboxylic acids is 3. The molecule has 0 bridgehead atoms. The van der Waals surface area contributed by atoms with Gasteiger partial charge >= 0.3 is 6.03 Å². The Morgan fingerprint density at radius 2 is 1.89 bits per heavy atom. The maximum absolute atomic E-state index is 13.7. The molecular formula is C28H37ClN4O5. The third-order valence-electron chi connectivity index (χ3n) is 6.08. The molecule has 1 unspecified atom stereocenters. The molecule has 38 heavy (non-hydrogen) atoms. The monoisotopic (exact) mass is 544 g/mol. The van der Waals surface area contributed by atoms with Crippen LogP contribution in [0.4, 0.5) is 10.5 Å². The SMILES string of the molecule is CCCOc1ccc(C(=O)N2C[C@@H](C)N(C(=O)NC(COC(C)(C)C)C(N)=O)Cc3ccccc32)c(Cl)c1. The Balaban J connectivity index is 1.85. The number of carbonyl (C=O) groups is 3. The number of primary amides is 1. The lowest BCUT2D eigenvalue weighted by Gasteiger charge is -2.31. The zero-order chi connectivity index (χ0) is 28.0. The molecule has 4 amide bonds. The summed E-state index contributed by atoms with van der Waals surface area (Å²) in [4.78, 5) is 42.3. The average molecular weight is 545 g/mol. The quantitative estimate of drug-likeness (QED) is 0.512. The first-order valence-electron chi connectivity index (χ1n) is 12.7. The molecule has 9 nitrogen and oxygen atoms in total. The van der Waals surface area contributed by atoms with E-state index in [0.29, 0.717) is 23.6 Å². The summed E-state index contributed by atoms with van der Waals surface area (Å²) in [6.45, 7) is 10.4. The van der Waals surface area contributed by atoms with Gasteiger partial charge in [0.05, 0.1) is 29.4 Å². The molecule has 10 heteroatoms. The molecule has 0 radical (unpaired) electrons. The zero-order valence-corrected chi connectivity index (χ0v) is 23.4. The van der Waals surface area contributed by atoms with Gasteiger partial charge in [-0.1, -0.05) is 36.7 Å². The largest absolute Gasteiger partial charge is 0.494 e. The van der Waals surface area contributed by atoms with Crippen LogP contribution in [0.15, 0.2) is 42.5 Å². The van der Waals surface area contributed by atoms with E-state index in [-0.39, 0.29) is 30.6 Å². The highest BCUT2D eigenvalue weighted by molar-refractivity contribution is 6.34. The Morgan fingerprint density at radius 3 is 2.53 bits per heavy atom. The molecule has 2 atom stereocenters. The smallest absolute Gasteiger partial charge is 0.318 e. The molecule has 0 aromatic heterocycles. The first-order valence-corrected chi connectivity index (χ1v) is 13.1. The lowest BCUT2D eigenvalue weighted by Crippen LogP contribution is -2.55. The standard InChI is InChI=1S/C28H37ClN4O5/c1-6-13-37-20-11-12-21(22(29)14-20)26(35)33-15-18(2)32(16-19-9-7-8-10-24(19)33)27(36)31-23(25(30)34)17-38-28(3,4)5/h7-12,14,18,23H,6,13,15-17H2,1-5H3,(H2,30,34)(H,31,36)/t18-,23?/m1/s1. The normalized spacial score (nSPS) is 16.3. The predicted molar refractivity (Wildman–Crippen MR) is 148 cm³/mol. The van der Waals surface area contributed by atoms with Gasteiger partial charge in [-0.3, -0.25) is 9.59 Å². The second kappa shape index (κ2) is 12.5. The Morgan fingerprint density at radius 1 is 1.18 bits per heavy atom. The van der Waals surface area contributed by atoms with Crippen LogP contribution in [0.1, 0.15) is 57.0 Å². The van der Waals surface area contributed by atoms with Crippen LogP contribution < -0.4 is 20.7 Å². The lowest BCUT2D eigenvalue weighted by atomic mass is 10.1. The Hall–Kier alpha value is -3.30. The summed E-state index contributed by atoms with van der Waals surface area (Å²) in [6, 6.07) is 10.6. The predicted octanol–water partition coefficient (Wildman–Crippen LogP) is 4.36. The molecule has 0 spiro atoms. The number of nitrogens with zero attached hydrogens (tertiary/aromatic N) is 2. The van der Waals surface area contributed by atoms with Crippen LogP contribution in [0.25, 0.3) is 0 Å². The van der Waals surface area contributed by atoms with E-state index < -0.39 is 29.6 Å². The summed E-state index contributed by atoms with van der Waals surface area (Å²) in [5, 5.41) is 2.99. The van der Waals surface area contributed by atoms with E-state index in [4.69, 9.17) is 26.8 Å². The minimum absolute atomic E-state index is 0.0511. The van der Waals surface area contributed by atoms with Crippen LogP contribution in [-0.2, 0) is 16.1 Å². The molecular weight excluding hydrogens is 508 g/mol. The van der Waals surface area contributed by atoms with Crippen molar-refractivity contribution in [1.29, 1.82) is 0 Å². The molecule has 206 valence electrons. The van der Waals surface area contributed by atoms with Crippen molar-refractivity contribution in [3.05, 3.63) is 58.6 Å². The highest BCUT2D eigenvalue weighted by atomic mass is 35.5. The number of nitrogens with one attached hydrogen (secondary N) is 1. The van der Waals surface area contributed by atoms with Crippen molar-refractivity contribution < 1.29 is 23.9 Å². The van der Waals surface area contributed by atoms with Gasteiger partial charge in [0.1, 0.15) is 11.8 Å². The number of urea groups is 1. The molecule has 3 rings (SSSR count). The summed E-state index contributed by atoms with van der Waals surface area (Å²) in [6.07, 6.45) is 0.856. The average Bonchev–Trinajstić information content (AvgIpc) is 3.00. The van der Waals surface area contributed by atoms with E-state index in [0.717, 1.165) is 12.0 Å². The minimum atomic E-state index is -1.00. The topological polar surface area (TPSA) is 114 Å². The van der Waals surface area contributed by atoms with Gasteiger partial charge in [-0.15, -0.1) is 0 Å². The maximum Gasteiger partial charge on any atom is 0.318 e. The lowest BCUT2D eigenvalue weighted by molar-refractivity contribution is -0.122. The molecule has 1 heterocycles. The van der Waals surface area contributed by atoms with E-state index in [1.165, 1.54) is 0 Å². The summed E-state index contributed by atoms with van der Waals surface area (Å²) in [5.74, 6) is -0.379. The van der Waals surface area contributed by atoms with Gasteiger partial charge in [-0.2, -0.15) is 0 Å². The Labute approximate surface area is 229 Å². The number of hydrogen-bond acceptors (Lipinski definition) is 5. The van der Waals surface area contributed by atoms with Crippen LogP contribution in [0.5, 0.6) is 5.75 Å². The van der Waals surface area contributed by atoms with Crippen LogP contribution in [-0.4, -0.2) is 60.2 Å². The molecule has 0 saturated carbocycles. The minimum Gasteiger partial charge on any atom is -0.494 e. The number of rotatable bonds is 8. The summed E-state index contributed by atoms with van der Waals surface area (Å²) >= 11 is 6.50. The number of fused-ring (bicyclic) bond motifs is 1. The zero-order valence-electron chi connectivity index (χ0n) is 22.6. The molecule has 1 aliphatic heterocycles. The Kier molecular flexibility index (Phi) is 9.62. The number of halogens is 1. The van der Waals surface area contributed by atoms with Crippen molar-refractivity contribution in [2.75, 3.05) is 24.7 Å². The first-order chi connectivity index (χ1) is 17.9. The maximum atomic E-state index is 13.7. The summed E-state index contributed by atoms with van der Waals surface area (Å²) in [7, 11) is 0. The fraction of sp³-hybridized carbons (Fsp3) is 0.464. The van der Waals surface area contributed by atoms with E-state index in [1.807, 2.05) is 58.9 Å². The second-order valence-corrected chi connectivity index (χ2v) is 10.7. The van der Waals surface area contributed by atoms with Gasteiger partial charge in [0.2, 0.25) is 5.91 Å². The van der Waals surface area contributed by atoms with Crippen molar-refractivity contribution in [2.24, 2.45) is 5.73 Å².